The maximum absolute atomic E-state index is 11.0. The Bertz CT molecular complexity index is 439. The highest BCUT2D eigenvalue weighted by atomic mass is 32.1. The fraction of sp³-hybridized carbons (Fsp3) is 0.682. The lowest BCUT2D eigenvalue weighted by Crippen LogP contribution is -2.27. The van der Waals surface area contributed by atoms with Gasteiger partial charge < -0.3 is 11.5 Å². The first-order valence-corrected chi connectivity index (χ1v) is 10.6. The summed E-state index contributed by atoms with van der Waals surface area (Å²) in [5.74, 6) is 1.03. The summed E-state index contributed by atoms with van der Waals surface area (Å²) >= 11 is 3.99. The number of Topliss-reactive ketones (excluding diaryl/α,β-unsaturated/α-hetero) is 2. The van der Waals surface area contributed by atoms with Crippen molar-refractivity contribution < 1.29 is 14.4 Å². The lowest BCUT2D eigenvalue weighted by atomic mass is 9.81. The first kappa shape index (κ1) is 31.3. The minimum Gasteiger partial charge on any atom is -0.369 e. The van der Waals surface area contributed by atoms with Crippen LogP contribution in [0.2, 0.25) is 0 Å². The number of ketones is 2. The van der Waals surface area contributed by atoms with Crippen LogP contribution in [0.3, 0.4) is 0 Å². The summed E-state index contributed by atoms with van der Waals surface area (Å²) in [4.78, 5) is 32.4. The highest BCUT2D eigenvalue weighted by Gasteiger charge is 2.23. The zero-order valence-electron chi connectivity index (χ0n) is 18.3. The maximum atomic E-state index is 11.0. The minimum atomic E-state index is -0.394. The molecule has 0 heterocycles. The smallest absolute Gasteiger partial charge is 0.220 e. The number of allylic oxidation sites excluding steroid dienone is 2. The standard InChI is InChI=1S/C9H17NO.C8H14O2S.C4H6.CH5N/c1-2-7-3-5-8(6-4-7)9(10)11;1-3-4-7(10)5-8(11)6(2)9;1-3-4-2;1-2/h7-8H,2-6H2,1H3,(H2,10,11);8,11H,3-5H2,1-2H3;3-4H,1-2H2;2H2,1H3. The maximum Gasteiger partial charge on any atom is 0.220 e. The highest BCUT2D eigenvalue weighted by Crippen LogP contribution is 2.30. The van der Waals surface area contributed by atoms with E-state index >= 15 is 0 Å². The van der Waals surface area contributed by atoms with Crippen molar-refractivity contribution in [2.45, 2.75) is 77.4 Å². The van der Waals surface area contributed by atoms with E-state index in [0.717, 1.165) is 25.2 Å². The molecule has 1 aliphatic rings. The first-order valence-electron chi connectivity index (χ1n) is 10.0. The second kappa shape index (κ2) is 21.9. The number of carbonyl (C=O) groups is 3. The van der Waals surface area contributed by atoms with Gasteiger partial charge in [-0.2, -0.15) is 12.6 Å². The van der Waals surface area contributed by atoms with Crippen molar-refractivity contribution >= 4 is 30.1 Å². The Morgan fingerprint density at radius 2 is 1.54 bits per heavy atom. The van der Waals surface area contributed by atoms with Gasteiger partial charge >= 0.3 is 0 Å². The molecule has 0 aromatic carbocycles. The van der Waals surface area contributed by atoms with Crippen LogP contribution < -0.4 is 11.5 Å². The fourth-order valence-electron chi connectivity index (χ4n) is 2.60. The molecule has 0 aromatic heterocycles. The lowest BCUT2D eigenvalue weighted by Gasteiger charge is -2.25. The molecular formula is C22H42N2O3S. The summed E-state index contributed by atoms with van der Waals surface area (Å²) < 4.78 is 0. The van der Waals surface area contributed by atoms with Gasteiger partial charge in [-0.3, -0.25) is 14.4 Å². The van der Waals surface area contributed by atoms with E-state index in [-0.39, 0.29) is 29.8 Å². The van der Waals surface area contributed by atoms with Gasteiger partial charge in [0.1, 0.15) is 11.6 Å². The molecule has 1 amide bonds. The highest BCUT2D eigenvalue weighted by molar-refractivity contribution is 7.81. The van der Waals surface area contributed by atoms with E-state index in [4.69, 9.17) is 5.73 Å². The minimum absolute atomic E-state index is 0.0298. The number of nitrogens with two attached hydrogens (primary N) is 2. The summed E-state index contributed by atoms with van der Waals surface area (Å²) in [5.41, 5.74) is 9.72. The van der Waals surface area contributed by atoms with Crippen molar-refractivity contribution in [3.63, 3.8) is 0 Å². The van der Waals surface area contributed by atoms with Crippen molar-refractivity contribution in [1.82, 2.24) is 0 Å². The molecule has 164 valence electrons. The Balaban J connectivity index is -0.000000350. The van der Waals surface area contributed by atoms with Crippen LogP contribution in [-0.4, -0.2) is 29.8 Å². The Kier molecular flexibility index (Phi) is 24.5. The van der Waals surface area contributed by atoms with E-state index in [1.54, 1.807) is 12.2 Å². The van der Waals surface area contributed by atoms with Crippen molar-refractivity contribution in [1.29, 1.82) is 0 Å². The van der Waals surface area contributed by atoms with Gasteiger partial charge in [0.2, 0.25) is 5.91 Å². The summed E-state index contributed by atoms with van der Waals surface area (Å²) in [6.45, 7) is 12.3. The van der Waals surface area contributed by atoms with Gasteiger partial charge in [-0.15, -0.1) is 0 Å². The van der Waals surface area contributed by atoms with Crippen LogP contribution in [0.5, 0.6) is 0 Å². The van der Waals surface area contributed by atoms with Crippen molar-refractivity contribution in [2.24, 2.45) is 23.3 Å². The monoisotopic (exact) mass is 414 g/mol. The Hall–Kier alpha value is -1.40. The zero-order chi connectivity index (χ0) is 22.5. The van der Waals surface area contributed by atoms with Gasteiger partial charge in [-0.05, 0) is 52.0 Å². The van der Waals surface area contributed by atoms with Gasteiger partial charge in [-0.1, -0.05) is 45.6 Å². The van der Waals surface area contributed by atoms with E-state index in [2.05, 4.69) is 38.4 Å². The van der Waals surface area contributed by atoms with Gasteiger partial charge in [-0.25, -0.2) is 0 Å². The number of carbonyl (C=O) groups excluding carboxylic acids is 3. The molecule has 0 saturated heterocycles. The molecule has 0 spiro atoms. The molecule has 1 fully saturated rings. The molecule has 0 bridgehead atoms. The average Bonchev–Trinajstić information content (AvgIpc) is 2.70. The van der Waals surface area contributed by atoms with Gasteiger partial charge in [0.05, 0.1) is 5.25 Å². The van der Waals surface area contributed by atoms with Crippen molar-refractivity contribution in [3.05, 3.63) is 25.3 Å². The van der Waals surface area contributed by atoms with Crippen LogP contribution in [-0.2, 0) is 14.4 Å². The second-order valence-corrected chi connectivity index (χ2v) is 7.24. The molecule has 0 radical (unpaired) electrons. The Labute approximate surface area is 177 Å². The topological polar surface area (TPSA) is 103 Å². The number of primary amides is 1. The third-order valence-electron chi connectivity index (χ3n) is 4.41. The largest absolute Gasteiger partial charge is 0.369 e. The molecule has 6 heteroatoms. The lowest BCUT2D eigenvalue weighted by molar-refractivity contribution is -0.123. The predicted octanol–water partition coefficient (Wildman–Crippen LogP) is 4.25. The summed E-state index contributed by atoms with van der Waals surface area (Å²) in [5, 5.41) is -0.394. The number of amides is 1. The molecule has 1 saturated carbocycles. The van der Waals surface area contributed by atoms with E-state index in [1.807, 2.05) is 6.92 Å². The predicted molar refractivity (Wildman–Crippen MR) is 123 cm³/mol. The molecule has 0 aromatic rings. The molecule has 4 N–H and O–H groups in total. The number of hydrogen-bond acceptors (Lipinski definition) is 5. The summed E-state index contributed by atoms with van der Waals surface area (Å²) in [6.07, 6.45) is 10.7. The van der Waals surface area contributed by atoms with Crippen LogP contribution >= 0.6 is 12.6 Å². The number of thiol groups is 1. The van der Waals surface area contributed by atoms with Crippen LogP contribution in [0, 0.1) is 11.8 Å². The van der Waals surface area contributed by atoms with Crippen LogP contribution in [0.4, 0.5) is 0 Å². The van der Waals surface area contributed by atoms with Crippen LogP contribution in [0.25, 0.3) is 0 Å². The molecule has 1 rings (SSSR count). The van der Waals surface area contributed by atoms with Crippen molar-refractivity contribution in [3.8, 4) is 0 Å². The van der Waals surface area contributed by atoms with Crippen LogP contribution in [0.15, 0.2) is 25.3 Å². The summed E-state index contributed by atoms with van der Waals surface area (Å²) in [7, 11) is 1.50. The van der Waals surface area contributed by atoms with Gasteiger partial charge in [0.15, 0.2) is 0 Å². The third kappa shape index (κ3) is 19.4. The molecule has 28 heavy (non-hydrogen) atoms. The molecule has 5 nitrogen and oxygen atoms in total. The van der Waals surface area contributed by atoms with E-state index < -0.39 is 5.25 Å². The second-order valence-electron chi connectivity index (χ2n) is 6.62. The van der Waals surface area contributed by atoms with Gasteiger partial charge in [0.25, 0.3) is 0 Å². The van der Waals surface area contributed by atoms with Gasteiger partial charge in [0, 0.05) is 18.8 Å². The molecule has 1 unspecified atom stereocenters. The average molecular weight is 415 g/mol. The van der Waals surface area contributed by atoms with E-state index in [9.17, 15) is 14.4 Å². The van der Waals surface area contributed by atoms with E-state index in [0.29, 0.717) is 6.42 Å². The van der Waals surface area contributed by atoms with Crippen LogP contribution in [0.1, 0.15) is 72.1 Å². The first-order chi connectivity index (χ1) is 13.2. The quantitative estimate of drug-likeness (QED) is 0.408. The van der Waals surface area contributed by atoms with E-state index in [1.165, 1.54) is 33.2 Å². The normalized spacial score (nSPS) is 18.4. The number of rotatable bonds is 8. The molecule has 0 aliphatic heterocycles. The third-order valence-corrected chi connectivity index (χ3v) is 4.96. The Morgan fingerprint density at radius 3 is 1.82 bits per heavy atom. The SMILES string of the molecule is C=CC=C.CCC1CCC(C(N)=O)CC1.CCCC(=O)CC(S)C(C)=O.CN. The molecular weight excluding hydrogens is 372 g/mol. The summed E-state index contributed by atoms with van der Waals surface area (Å²) in [6, 6.07) is 0. The molecule has 1 aliphatic carbocycles. The molecule has 1 atom stereocenters. The Morgan fingerprint density at radius 1 is 1.07 bits per heavy atom. The zero-order valence-corrected chi connectivity index (χ0v) is 19.2. The van der Waals surface area contributed by atoms with Crippen molar-refractivity contribution in [2.75, 3.05) is 7.05 Å². The fourth-order valence-corrected chi connectivity index (χ4v) is 2.80. The number of hydrogen-bond donors (Lipinski definition) is 3.